The van der Waals surface area contributed by atoms with Gasteiger partial charge in [-0.3, -0.25) is 14.3 Å². The Labute approximate surface area is 257 Å². The molecule has 1 fully saturated rings. The van der Waals surface area contributed by atoms with Gasteiger partial charge in [0.2, 0.25) is 5.91 Å². The van der Waals surface area contributed by atoms with Crippen molar-refractivity contribution in [2.75, 3.05) is 24.1 Å². The van der Waals surface area contributed by atoms with Crippen LogP contribution in [0.4, 0.5) is 24.8 Å². The van der Waals surface area contributed by atoms with Crippen molar-refractivity contribution < 1.29 is 22.8 Å². The van der Waals surface area contributed by atoms with Crippen LogP contribution in [0.5, 0.6) is 0 Å². The molecule has 0 saturated heterocycles. The number of nitrogens with zero attached hydrogens (tertiary/aromatic N) is 4. The Hall–Kier alpha value is -4.78. The SMILES string of the molecule is Nc1ncc2c3c1c(-c1ccc(C(=O)Nc4cc(C(F)(F)F)ccn4)cc1)nn3[C@@H]1CCC[C@H](C1)NC(=O)CNCCCC=C2. The number of rotatable bonds is 3. The van der Waals surface area contributed by atoms with Gasteiger partial charge in [0, 0.05) is 35.1 Å². The number of alkyl halides is 3. The van der Waals surface area contributed by atoms with E-state index in [0.29, 0.717) is 22.5 Å². The number of allylic oxidation sites excluding steroid dienone is 1. The molecule has 3 aromatic heterocycles. The molecule has 234 valence electrons. The van der Waals surface area contributed by atoms with Gasteiger partial charge in [0.15, 0.2) is 0 Å². The van der Waals surface area contributed by atoms with Crippen molar-refractivity contribution in [1.82, 2.24) is 30.4 Å². The molecule has 2 bridgehead atoms. The van der Waals surface area contributed by atoms with Crippen LogP contribution in [-0.4, -0.2) is 50.7 Å². The second-order valence-electron chi connectivity index (χ2n) is 11.4. The number of benzene rings is 1. The lowest BCUT2D eigenvalue weighted by atomic mass is 9.90. The first-order valence-corrected chi connectivity index (χ1v) is 15.0. The lowest BCUT2D eigenvalue weighted by molar-refractivity contribution is -0.137. The van der Waals surface area contributed by atoms with Gasteiger partial charge in [0.05, 0.1) is 29.1 Å². The first kappa shape index (κ1) is 30.3. The third-order valence-corrected chi connectivity index (χ3v) is 8.20. The maximum atomic E-state index is 13.1. The average Bonchev–Trinajstić information content (AvgIpc) is 3.43. The molecule has 4 aromatic rings. The van der Waals surface area contributed by atoms with E-state index >= 15 is 0 Å². The van der Waals surface area contributed by atoms with E-state index in [-0.39, 0.29) is 35.9 Å². The first-order valence-electron chi connectivity index (χ1n) is 15.0. The molecular formula is C32H33F3N8O2. The molecule has 0 radical (unpaired) electrons. The van der Waals surface area contributed by atoms with E-state index in [1.54, 1.807) is 30.5 Å². The lowest BCUT2D eigenvalue weighted by Crippen LogP contribution is -2.43. The smallest absolute Gasteiger partial charge is 0.383 e. The number of amides is 2. The number of aromatic nitrogens is 4. The van der Waals surface area contributed by atoms with Gasteiger partial charge in [-0.25, -0.2) is 9.97 Å². The average molecular weight is 619 g/mol. The molecule has 1 aliphatic heterocycles. The Morgan fingerprint density at radius 1 is 1.09 bits per heavy atom. The van der Waals surface area contributed by atoms with Crippen LogP contribution in [0.2, 0.25) is 0 Å². The van der Waals surface area contributed by atoms with E-state index in [1.165, 1.54) is 0 Å². The summed E-state index contributed by atoms with van der Waals surface area (Å²) < 4.78 is 41.3. The number of fused-ring (bicyclic) bond motifs is 3. The Kier molecular flexibility index (Phi) is 8.52. The van der Waals surface area contributed by atoms with Crippen molar-refractivity contribution in [3.05, 3.63) is 71.6 Å². The fourth-order valence-electron chi connectivity index (χ4n) is 6.00. The van der Waals surface area contributed by atoms with Gasteiger partial charge in [0.25, 0.3) is 5.91 Å². The van der Waals surface area contributed by atoms with Gasteiger partial charge in [0.1, 0.15) is 17.3 Å². The first-order chi connectivity index (χ1) is 21.7. The topological polar surface area (TPSA) is 140 Å². The van der Waals surface area contributed by atoms with Gasteiger partial charge >= 0.3 is 6.18 Å². The number of halogens is 3. The zero-order chi connectivity index (χ0) is 31.6. The molecule has 10 nitrogen and oxygen atoms in total. The van der Waals surface area contributed by atoms with E-state index < -0.39 is 17.6 Å². The van der Waals surface area contributed by atoms with Crippen molar-refractivity contribution in [2.24, 2.45) is 0 Å². The quantitative estimate of drug-likeness (QED) is 0.243. The zero-order valence-electron chi connectivity index (χ0n) is 24.4. The number of hydrogen-bond donors (Lipinski definition) is 4. The molecule has 4 heterocycles. The van der Waals surface area contributed by atoms with Gasteiger partial charge in [-0.05, 0) is 69.3 Å². The van der Waals surface area contributed by atoms with Crippen molar-refractivity contribution in [3.8, 4) is 11.3 Å². The van der Waals surface area contributed by atoms with Crippen molar-refractivity contribution in [1.29, 1.82) is 0 Å². The standard InChI is InChI=1S/C32H33F3N8O2/c33-32(34,35)22-12-14-38-25(15-22)41-31(45)20-10-8-19(9-11-20)28-27-29-21(17-39-30(27)36)5-2-1-3-13-37-18-26(44)40-23-6-4-7-24(16-23)43(29)42-28/h2,5,8-12,14-15,17,23-24,37H,1,3-4,6-7,13,16,18H2,(H2,36,39)(H,40,44)(H,38,41,45)/t23-,24-/m1/s1. The van der Waals surface area contributed by atoms with Crippen LogP contribution in [0.25, 0.3) is 28.2 Å². The minimum Gasteiger partial charge on any atom is -0.383 e. The van der Waals surface area contributed by atoms with E-state index in [1.807, 2.05) is 10.8 Å². The minimum atomic E-state index is -4.55. The maximum Gasteiger partial charge on any atom is 0.416 e. The largest absolute Gasteiger partial charge is 0.416 e. The number of nitrogen functional groups attached to an aromatic ring is 1. The Morgan fingerprint density at radius 2 is 1.91 bits per heavy atom. The molecule has 13 heteroatoms. The Bertz CT molecular complexity index is 1750. The summed E-state index contributed by atoms with van der Waals surface area (Å²) in [6.07, 6.45) is 7.43. The summed E-state index contributed by atoms with van der Waals surface area (Å²) in [5.74, 6) is -0.494. The van der Waals surface area contributed by atoms with Crippen LogP contribution in [0.3, 0.4) is 0 Å². The van der Waals surface area contributed by atoms with Crippen LogP contribution in [0.15, 0.2) is 54.9 Å². The maximum absolute atomic E-state index is 13.1. The molecule has 0 unspecified atom stereocenters. The van der Waals surface area contributed by atoms with Crippen molar-refractivity contribution >= 4 is 40.4 Å². The Morgan fingerprint density at radius 3 is 2.71 bits per heavy atom. The van der Waals surface area contributed by atoms with E-state index in [0.717, 1.165) is 74.5 Å². The summed E-state index contributed by atoms with van der Waals surface area (Å²) in [6, 6.07) is 8.28. The summed E-state index contributed by atoms with van der Waals surface area (Å²) in [7, 11) is 0. The predicted molar refractivity (Wildman–Crippen MR) is 165 cm³/mol. The molecule has 2 aliphatic rings. The summed E-state index contributed by atoms with van der Waals surface area (Å²) >= 11 is 0. The van der Waals surface area contributed by atoms with E-state index in [4.69, 9.17) is 10.8 Å². The Balaban J connectivity index is 1.35. The van der Waals surface area contributed by atoms with Gasteiger partial charge < -0.3 is 21.7 Å². The molecule has 1 aliphatic carbocycles. The fourth-order valence-corrected chi connectivity index (χ4v) is 6.00. The van der Waals surface area contributed by atoms with E-state index in [9.17, 15) is 22.8 Å². The van der Waals surface area contributed by atoms with Crippen LogP contribution in [0, 0.1) is 0 Å². The second kappa shape index (κ2) is 12.7. The highest BCUT2D eigenvalue weighted by atomic mass is 19.4. The zero-order valence-corrected chi connectivity index (χ0v) is 24.4. The van der Waals surface area contributed by atoms with Gasteiger partial charge in [-0.15, -0.1) is 0 Å². The molecule has 6 rings (SSSR count). The lowest BCUT2D eigenvalue weighted by Gasteiger charge is -2.30. The van der Waals surface area contributed by atoms with Crippen molar-refractivity contribution in [2.45, 2.75) is 56.8 Å². The molecular weight excluding hydrogens is 585 g/mol. The van der Waals surface area contributed by atoms with Gasteiger partial charge in [-0.1, -0.05) is 24.3 Å². The highest BCUT2D eigenvalue weighted by Gasteiger charge is 2.31. The summed E-state index contributed by atoms with van der Waals surface area (Å²) in [5, 5.41) is 14.6. The molecule has 5 N–H and O–H groups in total. The molecule has 0 spiro atoms. The number of pyridine rings is 2. The normalized spacial score (nSPS) is 19.4. The third-order valence-electron chi connectivity index (χ3n) is 8.20. The van der Waals surface area contributed by atoms with Crippen LogP contribution in [-0.2, 0) is 11.0 Å². The number of anilines is 2. The van der Waals surface area contributed by atoms with Crippen LogP contribution in [0.1, 0.15) is 66.1 Å². The van der Waals surface area contributed by atoms with Crippen molar-refractivity contribution in [3.63, 3.8) is 0 Å². The van der Waals surface area contributed by atoms with Crippen LogP contribution >= 0.6 is 0 Å². The molecule has 1 aromatic carbocycles. The molecule has 2 amide bonds. The number of carbonyl (C=O) groups excluding carboxylic acids is 2. The monoisotopic (exact) mass is 618 g/mol. The molecule has 2 atom stereocenters. The van der Waals surface area contributed by atoms with E-state index in [2.05, 4.69) is 32.0 Å². The van der Waals surface area contributed by atoms with Crippen LogP contribution < -0.4 is 21.7 Å². The third kappa shape index (κ3) is 6.68. The highest BCUT2D eigenvalue weighted by molar-refractivity contribution is 6.06. The predicted octanol–water partition coefficient (Wildman–Crippen LogP) is 5.34. The molecule has 1 saturated carbocycles. The number of hydrogen-bond acceptors (Lipinski definition) is 7. The fraction of sp³-hybridized carbons (Fsp3) is 0.344. The summed E-state index contributed by atoms with van der Waals surface area (Å²) in [4.78, 5) is 33.8. The summed E-state index contributed by atoms with van der Waals surface area (Å²) in [5.41, 5.74) is 8.86. The number of nitrogens with one attached hydrogen (secondary N) is 3. The summed E-state index contributed by atoms with van der Waals surface area (Å²) in [6.45, 7) is 1.01. The number of carbonyl (C=O) groups is 2. The second-order valence-corrected chi connectivity index (χ2v) is 11.4. The minimum absolute atomic E-state index is 0.0114. The van der Waals surface area contributed by atoms with Gasteiger partial charge in [-0.2, -0.15) is 18.3 Å². The molecule has 45 heavy (non-hydrogen) atoms. The highest BCUT2D eigenvalue weighted by Crippen LogP contribution is 2.39. The number of nitrogens with two attached hydrogens (primary N) is 1.